The van der Waals surface area contributed by atoms with Gasteiger partial charge < -0.3 is 26.8 Å². The average Bonchev–Trinajstić information content (AvgIpc) is 3.49. The van der Waals surface area contributed by atoms with Crippen molar-refractivity contribution in [3.05, 3.63) is 70.2 Å². The molecule has 0 saturated carbocycles. The minimum absolute atomic E-state index is 0.00818. The summed E-state index contributed by atoms with van der Waals surface area (Å²) in [5.74, 6) is -0.248. The van der Waals surface area contributed by atoms with Crippen LogP contribution >= 0.6 is 23.2 Å². The Labute approximate surface area is 268 Å². The molecule has 1 heterocycles. The average molecular weight is 646 g/mol. The maximum atomic E-state index is 13.8. The molecule has 238 valence electrons. The molecule has 11 nitrogen and oxygen atoms in total. The zero-order valence-corrected chi connectivity index (χ0v) is 26.8. The summed E-state index contributed by atoms with van der Waals surface area (Å²) in [5, 5.41) is 11.1. The molecule has 3 rings (SSSR count). The highest BCUT2D eigenvalue weighted by Gasteiger charge is 2.27. The van der Waals surface area contributed by atoms with Crippen LogP contribution in [0.15, 0.2) is 53.8 Å². The summed E-state index contributed by atoms with van der Waals surface area (Å²) >= 11 is 12.2. The van der Waals surface area contributed by atoms with Crippen molar-refractivity contribution >= 4 is 41.0 Å². The number of nitrogens with zero attached hydrogens (tertiary/aromatic N) is 4. The number of carbonyl (C=O) groups is 2. The van der Waals surface area contributed by atoms with Crippen LogP contribution in [0.3, 0.4) is 0 Å². The summed E-state index contributed by atoms with van der Waals surface area (Å²) in [4.78, 5) is 35.2. The molecule has 0 saturated heterocycles. The van der Waals surface area contributed by atoms with E-state index in [2.05, 4.69) is 39.6 Å². The number of nitrogens with two attached hydrogens (primary N) is 2. The van der Waals surface area contributed by atoms with Crippen molar-refractivity contribution in [2.75, 3.05) is 13.2 Å². The number of rotatable bonds is 18. The Hall–Kier alpha value is -3.83. The van der Waals surface area contributed by atoms with Crippen molar-refractivity contribution < 1.29 is 14.3 Å². The molecule has 0 aliphatic rings. The van der Waals surface area contributed by atoms with Gasteiger partial charge >= 0.3 is 0 Å². The second-order valence-corrected chi connectivity index (χ2v) is 11.3. The molecule has 2 unspecified atom stereocenters. The summed E-state index contributed by atoms with van der Waals surface area (Å²) in [6, 6.07) is 11.5. The maximum absolute atomic E-state index is 13.8. The first-order valence-electron chi connectivity index (χ1n) is 15.0. The number of guanidine groups is 1. The van der Waals surface area contributed by atoms with Crippen LogP contribution in [0.5, 0.6) is 5.75 Å². The minimum atomic E-state index is -0.855. The monoisotopic (exact) mass is 644 g/mol. The van der Waals surface area contributed by atoms with E-state index >= 15 is 0 Å². The first kappa shape index (κ1) is 34.7. The Morgan fingerprint density at radius 2 is 1.70 bits per heavy atom. The molecule has 13 heteroatoms. The zero-order chi connectivity index (χ0) is 31.9. The van der Waals surface area contributed by atoms with Gasteiger partial charge in [0, 0.05) is 22.2 Å². The first-order chi connectivity index (χ1) is 21.2. The smallest absolute Gasteiger partial charge is 0.291 e. The van der Waals surface area contributed by atoms with E-state index in [1.54, 1.807) is 18.2 Å². The SMILES string of the molecule is CCCCOc1ccccc1C(CCCC)NC(=O)C(CCCCN=C(N)N)NC(=O)c1ncn(-c2cc(Cl)cc(Cl)c2)n1. The number of nitrogens with one attached hydrogen (secondary N) is 2. The summed E-state index contributed by atoms with van der Waals surface area (Å²) in [6.07, 6.45) is 7.50. The third-order valence-corrected chi connectivity index (χ3v) is 7.27. The van der Waals surface area contributed by atoms with E-state index in [1.165, 1.54) is 11.0 Å². The lowest BCUT2D eigenvalue weighted by Crippen LogP contribution is -2.48. The number of hydrogen-bond donors (Lipinski definition) is 4. The number of benzene rings is 2. The van der Waals surface area contributed by atoms with Crippen molar-refractivity contribution in [2.24, 2.45) is 16.5 Å². The van der Waals surface area contributed by atoms with Crippen LogP contribution in [0.1, 0.15) is 87.4 Å². The number of unbranched alkanes of at least 4 members (excludes halogenated alkanes) is 3. The predicted octanol–water partition coefficient (Wildman–Crippen LogP) is 5.34. The maximum Gasteiger partial charge on any atom is 0.291 e. The molecular formula is C31H42Cl2N8O3. The van der Waals surface area contributed by atoms with Crippen molar-refractivity contribution in [3.8, 4) is 11.4 Å². The standard InChI is InChI=1S/C31H42Cl2N8O3/c1-3-5-12-25(24-11-7-8-14-27(24)44-16-6-4-2)38-29(42)26(13-9-10-15-36-31(34)35)39-30(43)28-37-20-41(40-28)23-18-21(32)17-22(33)19-23/h7-8,11,14,17-20,25-26H,3-6,9-10,12-13,15-16H2,1-2H3,(H,38,42)(H,39,43)(H4,34,35,36). The van der Waals surface area contributed by atoms with Crippen LogP contribution in [0.25, 0.3) is 5.69 Å². The minimum Gasteiger partial charge on any atom is -0.493 e. The van der Waals surface area contributed by atoms with Crippen LogP contribution in [0.4, 0.5) is 0 Å². The first-order valence-corrected chi connectivity index (χ1v) is 15.7. The van der Waals surface area contributed by atoms with Crippen molar-refractivity contribution in [3.63, 3.8) is 0 Å². The van der Waals surface area contributed by atoms with E-state index in [0.29, 0.717) is 48.1 Å². The molecule has 2 aromatic carbocycles. The molecule has 0 aliphatic heterocycles. The molecule has 0 bridgehead atoms. The second-order valence-electron chi connectivity index (χ2n) is 10.4. The lowest BCUT2D eigenvalue weighted by molar-refractivity contribution is -0.124. The fraction of sp³-hybridized carbons (Fsp3) is 0.452. The molecule has 0 radical (unpaired) electrons. The summed E-state index contributed by atoms with van der Waals surface area (Å²) in [7, 11) is 0. The number of amides is 2. The number of ether oxygens (including phenoxy) is 1. The molecule has 6 N–H and O–H groups in total. The van der Waals surface area contributed by atoms with Crippen LogP contribution in [0.2, 0.25) is 10.0 Å². The molecule has 2 atom stereocenters. The number of carbonyl (C=O) groups excluding carboxylic acids is 2. The molecule has 0 fully saturated rings. The van der Waals surface area contributed by atoms with Gasteiger partial charge in [-0.15, -0.1) is 5.10 Å². The van der Waals surface area contributed by atoms with Crippen LogP contribution in [0, 0.1) is 0 Å². The van der Waals surface area contributed by atoms with E-state index in [4.69, 9.17) is 39.4 Å². The highest BCUT2D eigenvalue weighted by atomic mass is 35.5. The topological polar surface area (TPSA) is 163 Å². The second kappa shape index (κ2) is 18.1. The van der Waals surface area contributed by atoms with Gasteiger partial charge in [-0.2, -0.15) is 0 Å². The Morgan fingerprint density at radius 3 is 2.41 bits per heavy atom. The Kier molecular flexibility index (Phi) is 14.2. The van der Waals surface area contributed by atoms with Crippen LogP contribution in [-0.4, -0.2) is 51.7 Å². The van der Waals surface area contributed by atoms with Gasteiger partial charge in [0.25, 0.3) is 5.91 Å². The highest BCUT2D eigenvalue weighted by Crippen LogP contribution is 2.29. The lowest BCUT2D eigenvalue weighted by Gasteiger charge is -2.25. The van der Waals surface area contributed by atoms with Gasteiger partial charge in [0.1, 0.15) is 18.1 Å². The lowest BCUT2D eigenvalue weighted by atomic mass is 9.99. The van der Waals surface area contributed by atoms with Crippen molar-refractivity contribution in [1.29, 1.82) is 0 Å². The molecular weight excluding hydrogens is 603 g/mol. The van der Waals surface area contributed by atoms with Gasteiger partial charge in [-0.3, -0.25) is 14.6 Å². The quantitative estimate of drug-likeness (QED) is 0.0824. The molecule has 1 aromatic heterocycles. The molecule has 0 aliphatic carbocycles. The fourth-order valence-corrected chi connectivity index (χ4v) is 5.05. The van der Waals surface area contributed by atoms with Gasteiger partial charge in [0.15, 0.2) is 5.96 Å². The zero-order valence-electron chi connectivity index (χ0n) is 25.3. The Balaban J connectivity index is 1.80. The normalized spacial score (nSPS) is 12.3. The molecule has 44 heavy (non-hydrogen) atoms. The highest BCUT2D eigenvalue weighted by molar-refractivity contribution is 6.34. The van der Waals surface area contributed by atoms with E-state index in [1.807, 2.05) is 24.3 Å². The number of halogens is 2. The van der Waals surface area contributed by atoms with E-state index < -0.39 is 11.9 Å². The van der Waals surface area contributed by atoms with E-state index in [-0.39, 0.29) is 23.7 Å². The summed E-state index contributed by atoms with van der Waals surface area (Å²) in [5.41, 5.74) is 12.3. The van der Waals surface area contributed by atoms with Crippen molar-refractivity contribution in [1.82, 2.24) is 25.4 Å². The third-order valence-electron chi connectivity index (χ3n) is 6.84. The molecule has 0 spiro atoms. The van der Waals surface area contributed by atoms with Crippen LogP contribution in [-0.2, 0) is 4.79 Å². The van der Waals surface area contributed by atoms with Gasteiger partial charge in [0.05, 0.1) is 18.3 Å². The number of hydrogen-bond acceptors (Lipinski definition) is 6. The molecule has 2 amide bonds. The fourth-order valence-electron chi connectivity index (χ4n) is 4.54. The van der Waals surface area contributed by atoms with E-state index in [0.717, 1.165) is 43.4 Å². The van der Waals surface area contributed by atoms with Gasteiger partial charge in [-0.1, -0.05) is 74.5 Å². The summed E-state index contributed by atoms with van der Waals surface area (Å²) in [6.45, 7) is 5.22. The Bertz CT molecular complexity index is 1370. The Morgan fingerprint density at radius 1 is 0.977 bits per heavy atom. The number of aromatic nitrogens is 3. The predicted molar refractivity (Wildman–Crippen MR) is 174 cm³/mol. The largest absolute Gasteiger partial charge is 0.493 e. The number of aliphatic imine (C=N–C) groups is 1. The van der Waals surface area contributed by atoms with E-state index in [9.17, 15) is 9.59 Å². The van der Waals surface area contributed by atoms with Gasteiger partial charge in [-0.25, -0.2) is 9.67 Å². The van der Waals surface area contributed by atoms with Gasteiger partial charge in [-0.05, 0) is 56.4 Å². The molecule has 3 aromatic rings. The van der Waals surface area contributed by atoms with Gasteiger partial charge in [0.2, 0.25) is 11.7 Å². The van der Waals surface area contributed by atoms with Crippen LogP contribution < -0.4 is 26.8 Å². The summed E-state index contributed by atoms with van der Waals surface area (Å²) < 4.78 is 7.47. The van der Waals surface area contributed by atoms with Crippen molar-refractivity contribution in [2.45, 2.75) is 77.3 Å². The third kappa shape index (κ3) is 11.0. The number of para-hydroxylation sites is 1.